The van der Waals surface area contributed by atoms with Gasteiger partial charge in [0.2, 0.25) is 15.9 Å². The van der Waals surface area contributed by atoms with E-state index in [9.17, 15) is 22.0 Å². The van der Waals surface area contributed by atoms with Crippen LogP contribution >= 0.6 is 11.3 Å². The quantitative estimate of drug-likeness (QED) is 0.345. The Morgan fingerprint density at radius 2 is 1.94 bits per heavy atom. The first-order chi connectivity index (χ1) is 17.2. The minimum atomic E-state index is -4.15. The predicted octanol–water partition coefficient (Wildman–Crippen LogP) is 5.11. The first kappa shape index (κ1) is 24.5. The number of nitrogens with zero attached hydrogens (tertiary/aromatic N) is 3. The van der Waals surface area contributed by atoms with E-state index in [0.717, 1.165) is 32.2 Å². The van der Waals surface area contributed by atoms with Crippen LogP contribution in [0, 0.1) is 24.5 Å². The molecule has 2 aromatic carbocycles. The van der Waals surface area contributed by atoms with Crippen molar-refractivity contribution in [2.45, 2.75) is 31.2 Å². The van der Waals surface area contributed by atoms with Crippen LogP contribution in [-0.4, -0.2) is 36.7 Å². The molecule has 0 radical (unpaired) electrons. The number of sulfonamides is 1. The fraction of sp³-hybridized carbons (Fsp3) is 0.280. The Hall–Kier alpha value is -3.15. The number of piperidine rings is 1. The van der Waals surface area contributed by atoms with Gasteiger partial charge >= 0.3 is 0 Å². The molecule has 11 heteroatoms. The molecule has 1 saturated heterocycles. The van der Waals surface area contributed by atoms with Gasteiger partial charge in [-0.3, -0.25) is 9.69 Å². The Bertz CT molecular complexity index is 1510. The Balaban J connectivity index is 1.36. The van der Waals surface area contributed by atoms with Gasteiger partial charge in [-0.15, -0.1) is 0 Å². The van der Waals surface area contributed by atoms with Crippen molar-refractivity contribution < 1.29 is 26.4 Å². The fourth-order valence-corrected chi connectivity index (χ4v) is 6.90. The summed E-state index contributed by atoms with van der Waals surface area (Å²) in [4.78, 5) is 19.4. The van der Waals surface area contributed by atoms with Crippen molar-refractivity contribution in [3.05, 3.63) is 77.8 Å². The molecule has 7 nitrogen and oxygen atoms in total. The molecule has 0 atom stereocenters. The summed E-state index contributed by atoms with van der Waals surface area (Å²) < 4.78 is 60.9. The highest BCUT2D eigenvalue weighted by Crippen LogP contribution is 2.33. The summed E-state index contributed by atoms with van der Waals surface area (Å²) in [6.45, 7) is 2.28. The van der Waals surface area contributed by atoms with Gasteiger partial charge in [0.05, 0.1) is 23.0 Å². The first-order valence-corrected chi connectivity index (χ1v) is 13.6. The molecule has 1 aliphatic rings. The lowest BCUT2D eigenvalue weighted by molar-refractivity contribution is -0.123. The number of hydrogen-bond donors (Lipinski definition) is 0. The van der Waals surface area contributed by atoms with E-state index in [1.54, 1.807) is 17.0 Å². The molecule has 1 aliphatic heterocycles. The van der Waals surface area contributed by atoms with E-state index < -0.39 is 32.5 Å². The largest absolute Gasteiger partial charge is 0.467 e. The lowest BCUT2D eigenvalue weighted by Gasteiger charge is -2.32. The summed E-state index contributed by atoms with van der Waals surface area (Å²) in [5.41, 5.74) is 1.88. The molecule has 3 heterocycles. The maximum atomic E-state index is 14.2. The monoisotopic (exact) mass is 531 g/mol. The molecule has 4 aromatic rings. The van der Waals surface area contributed by atoms with Gasteiger partial charge in [-0.05, 0) is 61.7 Å². The second kappa shape index (κ2) is 9.72. The lowest BCUT2D eigenvalue weighted by atomic mass is 9.96. The highest BCUT2D eigenvalue weighted by Gasteiger charge is 2.36. The smallest absolute Gasteiger partial charge is 0.245 e. The molecule has 5 rings (SSSR count). The van der Waals surface area contributed by atoms with E-state index in [1.165, 1.54) is 17.6 Å². The average Bonchev–Trinajstić information content (AvgIpc) is 3.51. The number of fused-ring (bicyclic) bond motifs is 1. The first-order valence-electron chi connectivity index (χ1n) is 11.4. The van der Waals surface area contributed by atoms with Crippen LogP contribution in [0.25, 0.3) is 10.2 Å². The minimum Gasteiger partial charge on any atom is -0.467 e. The number of benzene rings is 2. The molecule has 0 saturated carbocycles. The summed E-state index contributed by atoms with van der Waals surface area (Å²) in [6, 6.07) is 11.8. The topological polar surface area (TPSA) is 83.7 Å². The van der Waals surface area contributed by atoms with Gasteiger partial charge in [-0.2, -0.15) is 4.31 Å². The second-order valence-corrected chi connectivity index (χ2v) is 11.6. The van der Waals surface area contributed by atoms with Crippen LogP contribution in [0.4, 0.5) is 13.9 Å². The molecule has 0 N–H and O–H groups in total. The van der Waals surface area contributed by atoms with E-state index in [1.807, 2.05) is 25.1 Å². The summed E-state index contributed by atoms with van der Waals surface area (Å²) in [6.07, 6.45) is 2.07. The molecule has 36 heavy (non-hydrogen) atoms. The highest BCUT2D eigenvalue weighted by molar-refractivity contribution is 7.89. The minimum absolute atomic E-state index is 0.0448. The van der Waals surface area contributed by atoms with Crippen LogP contribution in [0.15, 0.2) is 64.1 Å². The Morgan fingerprint density at radius 3 is 2.64 bits per heavy atom. The van der Waals surface area contributed by atoms with Crippen LogP contribution in [0.3, 0.4) is 0 Å². The van der Waals surface area contributed by atoms with Crippen molar-refractivity contribution >= 4 is 42.6 Å². The van der Waals surface area contributed by atoms with E-state index >= 15 is 0 Å². The maximum absolute atomic E-state index is 14.2. The zero-order chi connectivity index (χ0) is 25.4. The molecule has 1 fully saturated rings. The van der Waals surface area contributed by atoms with Crippen molar-refractivity contribution in [3.8, 4) is 0 Å². The summed E-state index contributed by atoms with van der Waals surface area (Å²) in [7, 11) is -4.15. The zero-order valence-corrected chi connectivity index (χ0v) is 21.0. The second-order valence-electron chi connectivity index (χ2n) is 8.72. The predicted molar refractivity (Wildman–Crippen MR) is 132 cm³/mol. The van der Waals surface area contributed by atoms with Crippen LogP contribution in [0.5, 0.6) is 0 Å². The van der Waals surface area contributed by atoms with Gasteiger partial charge in [0.25, 0.3) is 0 Å². The molecular weight excluding hydrogens is 508 g/mol. The van der Waals surface area contributed by atoms with Gasteiger partial charge in [0, 0.05) is 25.1 Å². The zero-order valence-electron chi connectivity index (χ0n) is 19.4. The van der Waals surface area contributed by atoms with Crippen molar-refractivity contribution in [1.29, 1.82) is 0 Å². The Kier molecular flexibility index (Phi) is 6.62. The summed E-state index contributed by atoms with van der Waals surface area (Å²) >= 11 is 1.41. The van der Waals surface area contributed by atoms with Crippen molar-refractivity contribution in [1.82, 2.24) is 9.29 Å². The standard InChI is InChI=1S/C25H23F2N3O4S2/c1-16-4-6-21-22(13-16)35-25(28-21)30(15-19-3-2-12-34-19)24(31)17-8-10-29(11-9-17)36(32,33)23-7-5-18(26)14-20(23)27/h2-7,12-14,17H,8-11,15H2,1H3. The third kappa shape index (κ3) is 4.78. The Labute approximate surface area is 211 Å². The number of anilines is 1. The number of carbonyl (C=O) groups is 1. The van der Waals surface area contributed by atoms with E-state index in [0.29, 0.717) is 17.0 Å². The van der Waals surface area contributed by atoms with Crippen LogP contribution in [0.1, 0.15) is 24.2 Å². The number of aromatic nitrogens is 1. The molecule has 2 aromatic heterocycles. The number of aryl methyl sites for hydroxylation is 1. The van der Waals surface area contributed by atoms with E-state index in [-0.39, 0.29) is 38.4 Å². The number of hydrogen-bond acceptors (Lipinski definition) is 6. The molecule has 0 unspecified atom stereocenters. The number of thiazole rings is 1. The summed E-state index contributed by atoms with van der Waals surface area (Å²) in [5.74, 6) is -2.00. The lowest BCUT2D eigenvalue weighted by Crippen LogP contribution is -2.44. The molecule has 0 aliphatic carbocycles. The molecule has 0 bridgehead atoms. The Morgan fingerprint density at radius 1 is 1.17 bits per heavy atom. The third-order valence-corrected chi connectivity index (χ3v) is 9.21. The van der Waals surface area contributed by atoms with E-state index in [4.69, 9.17) is 4.42 Å². The van der Waals surface area contributed by atoms with Crippen molar-refractivity contribution in [3.63, 3.8) is 0 Å². The highest BCUT2D eigenvalue weighted by atomic mass is 32.2. The average molecular weight is 532 g/mol. The molecule has 0 spiro atoms. The van der Waals surface area contributed by atoms with Crippen LogP contribution in [0.2, 0.25) is 0 Å². The maximum Gasteiger partial charge on any atom is 0.245 e. The molecular formula is C25H23F2N3O4S2. The van der Waals surface area contributed by atoms with E-state index in [2.05, 4.69) is 4.98 Å². The molecule has 188 valence electrons. The normalized spacial score (nSPS) is 15.4. The van der Waals surface area contributed by atoms with Gasteiger partial charge in [-0.1, -0.05) is 17.4 Å². The van der Waals surface area contributed by atoms with Crippen molar-refractivity contribution in [2.24, 2.45) is 5.92 Å². The van der Waals surface area contributed by atoms with Gasteiger partial charge in [0.15, 0.2) is 5.13 Å². The number of amides is 1. The number of halogens is 2. The van der Waals surface area contributed by atoms with Crippen molar-refractivity contribution in [2.75, 3.05) is 18.0 Å². The van der Waals surface area contributed by atoms with Gasteiger partial charge in [0.1, 0.15) is 22.3 Å². The number of furan rings is 1. The number of rotatable bonds is 6. The molecule has 1 amide bonds. The SMILES string of the molecule is Cc1ccc2nc(N(Cc3ccco3)C(=O)C3CCN(S(=O)(=O)c4ccc(F)cc4F)CC3)sc2c1. The number of carbonyl (C=O) groups excluding carboxylic acids is 1. The summed E-state index contributed by atoms with van der Waals surface area (Å²) in [5, 5.41) is 0.542. The van der Waals surface area contributed by atoms with Gasteiger partial charge < -0.3 is 4.42 Å². The van der Waals surface area contributed by atoms with Gasteiger partial charge in [-0.25, -0.2) is 22.2 Å². The van der Waals surface area contributed by atoms with Crippen LogP contribution < -0.4 is 4.90 Å². The fourth-order valence-electron chi connectivity index (χ4n) is 4.32. The van der Waals surface area contributed by atoms with Crippen LogP contribution in [-0.2, 0) is 21.4 Å². The third-order valence-electron chi connectivity index (χ3n) is 6.24.